The highest BCUT2D eigenvalue weighted by molar-refractivity contribution is 7.99. The van der Waals surface area contributed by atoms with Crippen molar-refractivity contribution in [1.29, 1.82) is 0 Å². The SMILES string of the molecule is COc1cc(C(C)=O)ccc1OCC(O)CSc1nncn1-c1cccc(Cl)c1. The minimum Gasteiger partial charge on any atom is -0.493 e. The summed E-state index contributed by atoms with van der Waals surface area (Å²) in [5, 5.41) is 19.6. The molecule has 2 aromatic carbocycles. The van der Waals surface area contributed by atoms with Crippen LogP contribution in [-0.4, -0.2) is 51.2 Å². The van der Waals surface area contributed by atoms with E-state index in [1.54, 1.807) is 35.2 Å². The van der Waals surface area contributed by atoms with Gasteiger partial charge in [0.2, 0.25) is 0 Å². The lowest BCUT2D eigenvalue weighted by Gasteiger charge is -2.15. The van der Waals surface area contributed by atoms with Crippen LogP contribution in [0.3, 0.4) is 0 Å². The number of aliphatic hydroxyl groups is 1. The molecule has 1 aromatic heterocycles. The van der Waals surface area contributed by atoms with Crippen molar-refractivity contribution < 1.29 is 19.4 Å². The molecule has 0 aliphatic heterocycles. The van der Waals surface area contributed by atoms with Crippen molar-refractivity contribution in [2.75, 3.05) is 19.5 Å². The van der Waals surface area contributed by atoms with Crippen LogP contribution < -0.4 is 9.47 Å². The normalized spacial score (nSPS) is 11.9. The average Bonchev–Trinajstić information content (AvgIpc) is 3.19. The van der Waals surface area contributed by atoms with Crippen LogP contribution in [0.4, 0.5) is 0 Å². The third-order valence-corrected chi connectivity index (χ3v) is 5.33. The fourth-order valence-electron chi connectivity index (χ4n) is 2.54. The van der Waals surface area contributed by atoms with Gasteiger partial charge in [0.1, 0.15) is 12.9 Å². The summed E-state index contributed by atoms with van der Waals surface area (Å²) in [6, 6.07) is 12.3. The van der Waals surface area contributed by atoms with E-state index in [2.05, 4.69) is 10.2 Å². The fourth-order valence-corrected chi connectivity index (χ4v) is 3.56. The van der Waals surface area contributed by atoms with E-state index in [0.29, 0.717) is 33.0 Å². The number of Topliss-reactive ketones (excluding diaryl/α,β-unsaturated/α-hetero) is 1. The highest BCUT2D eigenvalue weighted by atomic mass is 35.5. The van der Waals surface area contributed by atoms with Gasteiger partial charge in [-0.2, -0.15) is 0 Å². The minimum atomic E-state index is -0.748. The number of hydrogen-bond acceptors (Lipinski definition) is 7. The first-order chi connectivity index (χ1) is 14.0. The standard InChI is InChI=1S/C20H20ClN3O4S/c1-13(25)14-6-7-18(19(8-14)27-2)28-10-17(26)11-29-20-23-22-12-24(20)16-5-3-4-15(21)9-16/h3-9,12,17,26H,10-11H2,1-2H3. The second-order valence-electron chi connectivity index (χ2n) is 6.16. The number of rotatable bonds is 9. The fraction of sp³-hybridized carbons (Fsp3) is 0.250. The Hall–Kier alpha value is -2.55. The molecule has 1 atom stereocenters. The third-order valence-electron chi connectivity index (χ3n) is 4.01. The van der Waals surface area contributed by atoms with E-state index >= 15 is 0 Å². The maximum absolute atomic E-state index is 11.5. The van der Waals surface area contributed by atoms with Gasteiger partial charge in [-0.1, -0.05) is 29.4 Å². The van der Waals surface area contributed by atoms with Gasteiger partial charge in [-0.25, -0.2) is 0 Å². The minimum absolute atomic E-state index is 0.0601. The lowest BCUT2D eigenvalue weighted by Crippen LogP contribution is -2.20. The zero-order chi connectivity index (χ0) is 20.8. The zero-order valence-electron chi connectivity index (χ0n) is 15.9. The Labute approximate surface area is 177 Å². The molecule has 0 aliphatic rings. The van der Waals surface area contributed by atoms with Gasteiger partial charge in [-0.3, -0.25) is 9.36 Å². The number of benzene rings is 2. The van der Waals surface area contributed by atoms with Crippen molar-refractivity contribution in [3.63, 3.8) is 0 Å². The number of aromatic nitrogens is 3. The molecule has 0 fully saturated rings. The van der Waals surface area contributed by atoms with Crippen LogP contribution >= 0.6 is 23.4 Å². The van der Waals surface area contributed by atoms with Crippen molar-refractivity contribution in [1.82, 2.24) is 14.8 Å². The summed E-state index contributed by atoms with van der Waals surface area (Å²) in [6.45, 7) is 1.55. The van der Waals surface area contributed by atoms with Gasteiger partial charge in [0.05, 0.1) is 18.9 Å². The molecular weight excluding hydrogens is 414 g/mol. The Kier molecular flexibility index (Phi) is 7.13. The highest BCUT2D eigenvalue weighted by Gasteiger charge is 2.14. The smallest absolute Gasteiger partial charge is 0.195 e. The molecule has 1 unspecified atom stereocenters. The van der Waals surface area contributed by atoms with Gasteiger partial charge in [-0.05, 0) is 43.3 Å². The molecule has 0 bridgehead atoms. The van der Waals surface area contributed by atoms with E-state index in [-0.39, 0.29) is 12.4 Å². The van der Waals surface area contributed by atoms with E-state index in [9.17, 15) is 9.90 Å². The van der Waals surface area contributed by atoms with Crippen molar-refractivity contribution in [3.8, 4) is 17.2 Å². The lowest BCUT2D eigenvalue weighted by molar-refractivity contribution is 0.101. The number of hydrogen-bond donors (Lipinski definition) is 1. The van der Waals surface area contributed by atoms with Crippen LogP contribution in [0.5, 0.6) is 11.5 Å². The number of carbonyl (C=O) groups is 1. The molecule has 0 aliphatic carbocycles. The van der Waals surface area contributed by atoms with Gasteiger partial charge in [0, 0.05) is 16.3 Å². The molecule has 0 spiro atoms. The summed E-state index contributed by atoms with van der Waals surface area (Å²) in [7, 11) is 1.50. The summed E-state index contributed by atoms with van der Waals surface area (Å²) in [4.78, 5) is 11.5. The second-order valence-corrected chi connectivity index (χ2v) is 7.58. The summed E-state index contributed by atoms with van der Waals surface area (Å²) < 4.78 is 12.7. The number of thioether (sulfide) groups is 1. The first-order valence-electron chi connectivity index (χ1n) is 8.76. The summed E-state index contributed by atoms with van der Waals surface area (Å²) in [5.41, 5.74) is 1.37. The molecule has 7 nitrogen and oxygen atoms in total. The van der Waals surface area contributed by atoms with Crippen LogP contribution in [0.2, 0.25) is 5.02 Å². The van der Waals surface area contributed by atoms with E-state index in [4.69, 9.17) is 21.1 Å². The molecule has 152 valence electrons. The molecule has 29 heavy (non-hydrogen) atoms. The molecular formula is C20H20ClN3O4S. The van der Waals surface area contributed by atoms with E-state index in [1.165, 1.54) is 25.8 Å². The van der Waals surface area contributed by atoms with Crippen molar-refractivity contribution in [2.24, 2.45) is 0 Å². The van der Waals surface area contributed by atoms with Crippen LogP contribution in [0, 0.1) is 0 Å². The van der Waals surface area contributed by atoms with Gasteiger partial charge >= 0.3 is 0 Å². The Balaban J connectivity index is 1.58. The number of methoxy groups -OCH3 is 1. The summed E-state index contributed by atoms with van der Waals surface area (Å²) in [5.74, 6) is 1.20. The van der Waals surface area contributed by atoms with Crippen molar-refractivity contribution in [3.05, 3.63) is 59.4 Å². The monoisotopic (exact) mass is 433 g/mol. The van der Waals surface area contributed by atoms with E-state index < -0.39 is 6.10 Å². The summed E-state index contributed by atoms with van der Waals surface area (Å²) >= 11 is 7.40. The van der Waals surface area contributed by atoms with Crippen molar-refractivity contribution in [2.45, 2.75) is 18.2 Å². The Morgan fingerprint density at radius 1 is 1.28 bits per heavy atom. The number of carbonyl (C=O) groups excluding carboxylic acids is 1. The Morgan fingerprint density at radius 3 is 2.83 bits per heavy atom. The van der Waals surface area contributed by atoms with E-state index in [0.717, 1.165) is 5.69 Å². The molecule has 1 heterocycles. The maximum atomic E-state index is 11.5. The van der Waals surface area contributed by atoms with Gasteiger partial charge in [-0.15, -0.1) is 10.2 Å². The molecule has 0 radical (unpaired) electrons. The predicted molar refractivity (Wildman–Crippen MR) is 112 cm³/mol. The first kappa shape index (κ1) is 21.2. The van der Waals surface area contributed by atoms with E-state index in [1.807, 2.05) is 18.2 Å². The molecule has 1 N–H and O–H groups in total. The van der Waals surface area contributed by atoms with Gasteiger partial charge in [0.25, 0.3) is 0 Å². The molecule has 3 rings (SSSR count). The number of halogens is 1. The van der Waals surface area contributed by atoms with Crippen LogP contribution in [0.1, 0.15) is 17.3 Å². The first-order valence-corrected chi connectivity index (χ1v) is 10.1. The topological polar surface area (TPSA) is 86.5 Å². The molecule has 3 aromatic rings. The van der Waals surface area contributed by atoms with Crippen LogP contribution in [-0.2, 0) is 0 Å². The summed E-state index contributed by atoms with van der Waals surface area (Å²) in [6.07, 6.45) is 0.847. The van der Waals surface area contributed by atoms with Gasteiger partial charge < -0.3 is 14.6 Å². The molecule has 0 saturated carbocycles. The average molecular weight is 434 g/mol. The number of aliphatic hydroxyl groups excluding tert-OH is 1. The second kappa shape index (κ2) is 9.78. The third kappa shape index (κ3) is 5.50. The number of ether oxygens (including phenoxy) is 2. The number of nitrogens with zero attached hydrogens (tertiary/aromatic N) is 3. The number of ketones is 1. The van der Waals surface area contributed by atoms with Crippen molar-refractivity contribution >= 4 is 29.1 Å². The quantitative estimate of drug-likeness (QED) is 0.407. The molecule has 0 saturated heterocycles. The Bertz CT molecular complexity index is 995. The Morgan fingerprint density at radius 2 is 2.10 bits per heavy atom. The predicted octanol–water partition coefficient (Wildman–Crippen LogP) is 3.66. The van der Waals surface area contributed by atoms with Gasteiger partial charge in [0.15, 0.2) is 22.4 Å². The lowest BCUT2D eigenvalue weighted by atomic mass is 10.1. The zero-order valence-corrected chi connectivity index (χ0v) is 17.5. The van der Waals surface area contributed by atoms with Crippen LogP contribution in [0.15, 0.2) is 53.9 Å². The maximum Gasteiger partial charge on any atom is 0.195 e. The highest BCUT2D eigenvalue weighted by Crippen LogP contribution is 2.29. The van der Waals surface area contributed by atoms with Crippen LogP contribution in [0.25, 0.3) is 5.69 Å². The molecule has 9 heteroatoms. The molecule has 0 amide bonds. The largest absolute Gasteiger partial charge is 0.493 e.